The van der Waals surface area contributed by atoms with Crippen LogP contribution >= 0.6 is 0 Å². The number of carbonyl (C=O) groups excluding carboxylic acids is 1. The molecule has 144 valence electrons. The van der Waals surface area contributed by atoms with Gasteiger partial charge in [-0.05, 0) is 48.2 Å². The van der Waals surface area contributed by atoms with Crippen molar-refractivity contribution in [3.63, 3.8) is 0 Å². The number of benzene rings is 1. The minimum absolute atomic E-state index is 0.0155. The van der Waals surface area contributed by atoms with Gasteiger partial charge in [0.25, 0.3) is 5.91 Å². The van der Waals surface area contributed by atoms with E-state index in [1.807, 2.05) is 47.4 Å². The molecule has 1 saturated heterocycles. The third kappa shape index (κ3) is 4.84. The SMILES string of the molecule is O=C(NC1CCN(Cc2ccncc2)CC1)c1ccc(Cn2ccnc2)cc1. The molecule has 6 heteroatoms. The van der Waals surface area contributed by atoms with Crippen LogP contribution in [0.25, 0.3) is 0 Å². The van der Waals surface area contributed by atoms with Gasteiger partial charge in [0.1, 0.15) is 0 Å². The van der Waals surface area contributed by atoms with Crippen molar-refractivity contribution in [1.82, 2.24) is 24.8 Å². The summed E-state index contributed by atoms with van der Waals surface area (Å²) >= 11 is 0. The monoisotopic (exact) mass is 375 g/mol. The van der Waals surface area contributed by atoms with E-state index in [0.717, 1.165) is 44.6 Å². The van der Waals surface area contributed by atoms with Gasteiger partial charge in [-0.1, -0.05) is 12.1 Å². The number of aromatic nitrogens is 3. The van der Waals surface area contributed by atoms with Gasteiger partial charge in [0.2, 0.25) is 0 Å². The molecule has 1 N–H and O–H groups in total. The molecule has 0 bridgehead atoms. The third-order valence-corrected chi connectivity index (χ3v) is 5.22. The Kier molecular flexibility index (Phi) is 5.77. The molecular formula is C22H25N5O. The normalized spacial score (nSPS) is 15.4. The first-order valence-electron chi connectivity index (χ1n) is 9.73. The molecule has 0 atom stereocenters. The number of piperidine rings is 1. The lowest BCUT2D eigenvalue weighted by Crippen LogP contribution is -2.44. The van der Waals surface area contributed by atoms with E-state index in [9.17, 15) is 4.79 Å². The van der Waals surface area contributed by atoms with Gasteiger partial charge in [-0.3, -0.25) is 14.7 Å². The fourth-order valence-electron chi connectivity index (χ4n) is 3.60. The van der Waals surface area contributed by atoms with Crippen molar-refractivity contribution in [2.75, 3.05) is 13.1 Å². The van der Waals surface area contributed by atoms with Crippen LogP contribution < -0.4 is 5.32 Å². The molecule has 1 aliphatic rings. The van der Waals surface area contributed by atoms with Crippen LogP contribution in [0.3, 0.4) is 0 Å². The van der Waals surface area contributed by atoms with Gasteiger partial charge in [0, 0.05) is 62.6 Å². The lowest BCUT2D eigenvalue weighted by Gasteiger charge is -2.32. The van der Waals surface area contributed by atoms with E-state index in [1.165, 1.54) is 5.56 Å². The molecule has 0 radical (unpaired) electrons. The number of likely N-dealkylation sites (tertiary alicyclic amines) is 1. The Morgan fingerprint density at radius 3 is 2.32 bits per heavy atom. The quantitative estimate of drug-likeness (QED) is 0.720. The van der Waals surface area contributed by atoms with Gasteiger partial charge in [-0.2, -0.15) is 0 Å². The zero-order valence-corrected chi connectivity index (χ0v) is 15.9. The lowest BCUT2D eigenvalue weighted by atomic mass is 10.0. The highest BCUT2D eigenvalue weighted by Gasteiger charge is 2.21. The molecule has 1 fully saturated rings. The Hall–Kier alpha value is -2.99. The maximum absolute atomic E-state index is 12.6. The second kappa shape index (κ2) is 8.80. The molecule has 4 rings (SSSR count). The van der Waals surface area contributed by atoms with Crippen LogP contribution in [0, 0.1) is 0 Å². The van der Waals surface area contributed by atoms with E-state index < -0.39 is 0 Å². The summed E-state index contributed by atoms with van der Waals surface area (Å²) in [4.78, 5) is 23.1. The summed E-state index contributed by atoms with van der Waals surface area (Å²) in [5.74, 6) is 0.0155. The predicted octanol–water partition coefficient (Wildman–Crippen LogP) is 2.72. The van der Waals surface area contributed by atoms with E-state index in [4.69, 9.17) is 0 Å². The number of nitrogens with one attached hydrogen (secondary N) is 1. The van der Waals surface area contributed by atoms with Crippen molar-refractivity contribution in [3.8, 4) is 0 Å². The zero-order chi connectivity index (χ0) is 19.2. The summed E-state index contributed by atoms with van der Waals surface area (Å²) in [6.45, 7) is 3.70. The highest BCUT2D eigenvalue weighted by Crippen LogP contribution is 2.14. The fourth-order valence-corrected chi connectivity index (χ4v) is 3.60. The zero-order valence-electron chi connectivity index (χ0n) is 15.9. The van der Waals surface area contributed by atoms with Gasteiger partial charge in [0.15, 0.2) is 0 Å². The van der Waals surface area contributed by atoms with Crippen molar-refractivity contribution >= 4 is 5.91 Å². The molecule has 3 aromatic rings. The van der Waals surface area contributed by atoms with Crippen LogP contribution in [0.4, 0.5) is 0 Å². The maximum Gasteiger partial charge on any atom is 0.251 e. The predicted molar refractivity (Wildman–Crippen MR) is 108 cm³/mol. The van der Waals surface area contributed by atoms with Crippen LogP contribution in [0.15, 0.2) is 67.5 Å². The smallest absolute Gasteiger partial charge is 0.251 e. The number of pyridine rings is 1. The Morgan fingerprint density at radius 1 is 0.929 bits per heavy atom. The topological polar surface area (TPSA) is 63.1 Å². The number of hydrogen-bond donors (Lipinski definition) is 1. The number of amides is 1. The summed E-state index contributed by atoms with van der Waals surface area (Å²) < 4.78 is 2.01. The van der Waals surface area contributed by atoms with Crippen molar-refractivity contribution < 1.29 is 4.79 Å². The molecule has 3 heterocycles. The Labute approximate surface area is 165 Å². The van der Waals surface area contributed by atoms with E-state index in [2.05, 4.69) is 32.3 Å². The van der Waals surface area contributed by atoms with Crippen LogP contribution in [-0.2, 0) is 13.1 Å². The van der Waals surface area contributed by atoms with E-state index in [1.54, 1.807) is 12.5 Å². The van der Waals surface area contributed by atoms with Gasteiger partial charge >= 0.3 is 0 Å². The largest absolute Gasteiger partial charge is 0.349 e. The summed E-state index contributed by atoms with van der Waals surface area (Å²) in [7, 11) is 0. The first-order chi connectivity index (χ1) is 13.8. The second-order valence-corrected chi connectivity index (χ2v) is 7.31. The maximum atomic E-state index is 12.6. The number of hydrogen-bond acceptors (Lipinski definition) is 4. The highest BCUT2D eigenvalue weighted by molar-refractivity contribution is 5.94. The Morgan fingerprint density at radius 2 is 1.64 bits per heavy atom. The van der Waals surface area contributed by atoms with Crippen LogP contribution in [-0.4, -0.2) is 44.5 Å². The first-order valence-corrected chi connectivity index (χ1v) is 9.73. The van der Waals surface area contributed by atoms with Gasteiger partial charge in [0.05, 0.1) is 6.33 Å². The molecule has 0 aliphatic carbocycles. The number of nitrogens with zero attached hydrogens (tertiary/aromatic N) is 4. The van der Waals surface area contributed by atoms with Crippen LogP contribution in [0.1, 0.15) is 34.3 Å². The Balaban J connectivity index is 1.25. The molecule has 0 saturated carbocycles. The van der Waals surface area contributed by atoms with E-state index in [-0.39, 0.29) is 11.9 Å². The number of rotatable bonds is 6. The van der Waals surface area contributed by atoms with Gasteiger partial charge in [-0.25, -0.2) is 4.98 Å². The summed E-state index contributed by atoms with van der Waals surface area (Å²) in [6.07, 6.45) is 11.1. The third-order valence-electron chi connectivity index (χ3n) is 5.22. The number of imidazole rings is 1. The minimum Gasteiger partial charge on any atom is -0.349 e. The first kappa shape index (κ1) is 18.4. The molecule has 0 unspecified atom stereocenters. The van der Waals surface area contributed by atoms with Crippen LogP contribution in [0.5, 0.6) is 0 Å². The molecule has 1 aromatic carbocycles. The van der Waals surface area contributed by atoms with Crippen LogP contribution in [0.2, 0.25) is 0 Å². The van der Waals surface area contributed by atoms with Gasteiger partial charge in [-0.15, -0.1) is 0 Å². The van der Waals surface area contributed by atoms with E-state index in [0.29, 0.717) is 5.56 Å². The minimum atomic E-state index is 0.0155. The summed E-state index contributed by atoms with van der Waals surface area (Å²) in [5, 5.41) is 3.19. The standard InChI is InChI=1S/C22H25N5O/c28-22(20-3-1-18(2-4-20)16-27-14-11-24-17-27)25-21-7-12-26(13-8-21)15-19-5-9-23-10-6-19/h1-6,9-11,14,17,21H,7-8,12-13,15-16H2,(H,25,28). The Bertz CT molecular complexity index is 869. The second-order valence-electron chi connectivity index (χ2n) is 7.31. The van der Waals surface area contributed by atoms with Crippen molar-refractivity contribution in [3.05, 3.63) is 84.2 Å². The molecule has 0 spiro atoms. The average Bonchev–Trinajstić information content (AvgIpc) is 3.24. The van der Waals surface area contributed by atoms with Crippen molar-refractivity contribution in [2.24, 2.45) is 0 Å². The average molecular weight is 375 g/mol. The molecule has 28 heavy (non-hydrogen) atoms. The van der Waals surface area contributed by atoms with Gasteiger partial charge < -0.3 is 9.88 Å². The highest BCUT2D eigenvalue weighted by atomic mass is 16.1. The molecule has 2 aromatic heterocycles. The lowest BCUT2D eigenvalue weighted by molar-refractivity contribution is 0.0909. The summed E-state index contributed by atoms with van der Waals surface area (Å²) in [5.41, 5.74) is 3.15. The van der Waals surface area contributed by atoms with Crippen molar-refractivity contribution in [1.29, 1.82) is 0 Å². The molecule has 1 aliphatic heterocycles. The number of carbonyl (C=O) groups is 1. The van der Waals surface area contributed by atoms with E-state index >= 15 is 0 Å². The molecular weight excluding hydrogens is 350 g/mol. The molecule has 1 amide bonds. The fraction of sp³-hybridized carbons (Fsp3) is 0.318. The molecule has 6 nitrogen and oxygen atoms in total. The summed E-state index contributed by atoms with van der Waals surface area (Å²) in [6, 6.07) is 12.2. The van der Waals surface area contributed by atoms with Crippen molar-refractivity contribution in [2.45, 2.75) is 32.0 Å².